The predicted octanol–water partition coefficient (Wildman–Crippen LogP) is 2.70. The lowest BCUT2D eigenvalue weighted by Gasteiger charge is -2.15. The molecule has 0 fully saturated rings. The molecule has 0 aromatic carbocycles. The van der Waals surface area contributed by atoms with Gasteiger partial charge >= 0.3 is 0 Å². The van der Waals surface area contributed by atoms with Crippen molar-refractivity contribution in [2.75, 3.05) is 0 Å². The molecule has 2 nitrogen and oxygen atoms in total. The van der Waals surface area contributed by atoms with Gasteiger partial charge in [0, 0.05) is 10.9 Å². The summed E-state index contributed by atoms with van der Waals surface area (Å²) in [6.45, 7) is 4.11. The first-order chi connectivity index (χ1) is 6.27. The van der Waals surface area contributed by atoms with Gasteiger partial charge in [-0.3, -0.25) is 5.32 Å². The molecule has 0 radical (unpaired) electrons. The van der Waals surface area contributed by atoms with Crippen LogP contribution in [-0.2, 0) is 0 Å². The fourth-order valence-corrected chi connectivity index (χ4v) is 1.91. The van der Waals surface area contributed by atoms with Gasteiger partial charge in [0.1, 0.15) is 0 Å². The first-order valence-corrected chi connectivity index (χ1v) is 5.35. The van der Waals surface area contributed by atoms with E-state index in [9.17, 15) is 0 Å². The molecule has 0 aliphatic rings. The molecule has 0 amide bonds. The van der Waals surface area contributed by atoms with Crippen LogP contribution >= 0.6 is 11.3 Å². The fourth-order valence-electron chi connectivity index (χ4n) is 1.17. The van der Waals surface area contributed by atoms with Crippen LogP contribution in [0.4, 0.5) is 0 Å². The summed E-state index contributed by atoms with van der Waals surface area (Å²) in [5, 5.41) is 14.1. The van der Waals surface area contributed by atoms with Crippen LogP contribution in [0.3, 0.4) is 0 Å². The van der Waals surface area contributed by atoms with Crippen molar-refractivity contribution >= 4 is 11.3 Å². The van der Waals surface area contributed by atoms with Gasteiger partial charge in [0.25, 0.3) is 0 Å². The van der Waals surface area contributed by atoms with Gasteiger partial charge in [0.15, 0.2) is 0 Å². The molecular formula is C10H14N2S. The molecule has 70 valence electrons. The standard InChI is InChI=1S/C10H14N2S/c1-3-9(7-11)12-8(2)10-5-4-6-13-10/h4-6,8-9,12H,3H2,1-2H3/t8-,9?/m1/s1. The van der Waals surface area contributed by atoms with Crippen LogP contribution in [0.1, 0.15) is 31.2 Å². The average Bonchev–Trinajstić information content (AvgIpc) is 2.66. The van der Waals surface area contributed by atoms with Gasteiger partial charge in [-0.05, 0) is 24.8 Å². The van der Waals surface area contributed by atoms with Gasteiger partial charge in [0.2, 0.25) is 0 Å². The third-order valence-corrected chi connectivity index (χ3v) is 3.04. The minimum absolute atomic E-state index is 0.0305. The lowest BCUT2D eigenvalue weighted by atomic mass is 10.2. The Morgan fingerprint density at radius 1 is 1.69 bits per heavy atom. The van der Waals surface area contributed by atoms with Gasteiger partial charge < -0.3 is 0 Å². The number of thiophene rings is 1. The SMILES string of the molecule is CCC(C#N)N[C@H](C)c1cccs1. The van der Waals surface area contributed by atoms with E-state index < -0.39 is 0 Å². The zero-order chi connectivity index (χ0) is 9.68. The topological polar surface area (TPSA) is 35.8 Å². The third-order valence-electron chi connectivity index (χ3n) is 1.99. The molecule has 0 bridgehead atoms. The normalized spacial score (nSPS) is 14.8. The Hall–Kier alpha value is -0.850. The van der Waals surface area contributed by atoms with Gasteiger partial charge in [-0.15, -0.1) is 11.3 Å². The Morgan fingerprint density at radius 3 is 2.92 bits per heavy atom. The maximum atomic E-state index is 8.76. The molecular weight excluding hydrogens is 180 g/mol. The summed E-state index contributed by atoms with van der Waals surface area (Å²) in [5.41, 5.74) is 0. The fraction of sp³-hybridized carbons (Fsp3) is 0.500. The van der Waals surface area contributed by atoms with Crippen molar-refractivity contribution in [1.29, 1.82) is 5.26 Å². The van der Waals surface area contributed by atoms with E-state index in [4.69, 9.17) is 5.26 Å². The number of nitrogens with one attached hydrogen (secondary N) is 1. The zero-order valence-electron chi connectivity index (χ0n) is 7.95. The molecule has 1 N–H and O–H groups in total. The minimum Gasteiger partial charge on any atom is -0.294 e. The predicted molar refractivity (Wildman–Crippen MR) is 55.6 cm³/mol. The van der Waals surface area contributed by atoms with Crippen LogP contribution in [0.5, 0.6) is 0 Å². The highest BCUT2D eigenvalue weighted by Gasteiger charge is 2.10. The maximum absolute atomic E-state index is 8.76. The first-order valence-electron chi connectivity index (χ1n) is 4.47. The average molecular weight is 194 g/mol. The van der Waals surface area contributed by atoms with E-state index in [0.717, 1.165) is 6.42 Å². The highest BCUT2D eigenvalue weighted by Crippen LogP contribution is 2.18. The van der Waals surface area contributed by atoms with Gasteiger partial charge in [-0.1, -0.05) is 13.0 Å². The Balaban J connectivity index is 2.51. The highest BCUT2D eigenvalue weighted by molar-refractivity contribution is 7.10. The van der Waals surface area contributed by atoms with Crippen LogP contribution in [-0.4, -0.2) is 6.04 Å². The van der Waals surface area contributed by atoms with Crippen LogP contribution in [0.15, 0.2) is 17.5 Å². The Morgan fingerprint density at radius 2 is 2.46 bits per heavy atom. The van der Waals surface area contributed by atoms with Crippen molar-refractivity contribution in [1.82, 2.24) is 5.32 Å². The van der Waals surface area contributed by atoms with Crippen LogP contribution in [0.25, 0.3) is 0 Å². The first kappa shape index (κ1) is 10.2. The Kier molecular flexibility index (Phi) is 3.94. The van der Waals surface area contributed by atoms with Crippen molar-refractivity contribution in [3.05, 3.63) is 22.4 Å². The lowest BCUT2D eigenvalue weighted by molar-refractivity contribution is 0.514. The summed E-state index contributed by atoms with van der Waals surface area (Å²) in [5.74, 6) is 0. The molecule has 1 unspecified atom stereocenters. The molecule has 0 saturated heterocycles. The molecule has 0 aliphatic heterocycles. The van der Waals surface area contributed by atoms with Gasteiger partial charge in [0.05, 0.1) is 12.1 Å². The molecule has 3 heteroatoms. The van der Waals surface area contributed by atoms with Crippen LogP contribution in [0.2, 0.25) is 0 Å². The lowest BCUT2D eigenvalue weighted by Crippen LogP contribution is -2.29. The second-order valence-corrected chi connectivity index (χ2v) is 3.97. The van der Waals surface area contributed by atoms with Crippen molar-refractivity contribution in [3.8, 4) is 6.07 Å². The largest absolute Gasteiger partial charge is 0.294 e. The summed E-state index contributed by atoms with van der Waals surface area (Å²) >= 11 is 1.72. The van der Waals surface area contributed by atoms with Crippen LogP contribution < -0.4 is 5.32 Å². The molecule has 0 saturated carbocycles. The van der Waals surface area contributed by atoms with Crippen LogP contribution in [0, 0.1) is 11.3 Å². The van der Waals surface area contributed by atoms with Crippen molar-refractivity contribution in [2.45, 2.75) is 32.4 Å². The summed E-state index contributed by atoms with van der Waals surface area (Å²) in [6.07, 6.45) is 0.853. The number of nitriles is 1. The van der Waals surface area contributed by atoms with E-state index in [0.29, 0.717) is 0 Å². The summed E-state index contributed by atoms with van der Waals surface area (Å²) in [4.78, 5) is 1.29. The molecule has 2 atom stereocenters. The number of hydrogen-bond acceptors (Lipinski definition) is 3. The molecule has 13 heavy (non-hydrogen) atoms. The van der Waals surface area contributed by atoms with Crippen molar-refractivity contribution < 1.29 is 0 Å². The van der Waals surface area contributed by atoms with E-state index >= 15 is 0 Å². The second kappa shape index (κ2) is 5.00. The summed E-state index contributed by atoms with van der Waals surface area (Å²) in [7, 11) is 0. The second-order valence-electron chi connectivity index (χ2n) is 2.99. The zero-order valence-corrected chi connectivity index (χ0v) is 8.77. The minimum atomic E-state index is -0.0305. The monoisotopic (exact) mass is 194 g/mol. The third kappa shape index (κ3) is 2.83. The number of nitrogens with zero attached hydrogens (tertiary/aromatic N) is 1. The maximum Gasteiger partial charge on any atom is 0.0955 e. The number of rotatable bonds is 4. The quantitative estimate of drug-likeness (QED) is 0.800. The highest BCUT2D eigenvalue weighted by atomic mass is 32.1. The molecule has 1 rings (SSSR count). The molecule has 1 aromatic heterocycles. The Labute approximate surface area is 83.2 Å². The van der Waals surface area contributed by atoms with Crippen molar-refractivity contribution in [2.24, 2.45) is 0 Å². The smallest absolute Gasteiger partial charge is 0.0955 e. The molecule has 0 spiro atoms. The van der Waals surface area contributed by atoms with Gasteiger partial charge in [-0.2, -0.15) is 5.26 Å². The summed E-state index contributed by atoms with van der Waals surface area (Å²) in [6, 6.07) is 6.61. The molecule has 1 heterocycles. The Bertz CT molecular complexity index is 274. The molecule has 0 aliphatic carbocycles. The van der Waals surface area contributed by atoms with E-state index in [-0.39, 0.29) is 12.1 Å². The van der Waals surface area contributed by atoms with E-state index in [1.807, 2.05) is 13.0 Å². The number of hydrogen-bond donors (Lipinski definition) is 1. The van der Waals surface area contributed by atoms with E-state index in [2.05, 4.69) is 29.8 Å². The van der Waals surface area contributed by atoms with Crippen molar-refractivity contribution in [3.63, 3.8) is 0 Å². The van der Waals surface area contributed by atoms with E-state index in [1.165, 1.54) is 4.88 Å². The van der Waals surface area contributed by atoms with E-state index in [1.54, 1.807) is 11.3 Å². The molecule has 1 aromatic rings. The van der Waals surface area contributed by atoms with Gasteiger partial charge in [-0.25, -0.2) is 0 Å². The summed E-state index contributed by atoms with van der Waals surface area (Å²) < 4.78 is 0.